The first-order valence-corrected chi connectivity index (χ1v) is 6.76. The molecule has 0 radical (unpaired) electrons. The van der Waals surface area contributed by atoms with E-state index >= 15 is 0 Å². The number of ether oxygens (including phenoxy) is 2. The number of hydrogen-bond donors (Lipinski definition) is 1. The predicted octanol–water partition coefficient (Wildman–Crippen LogP) is 2.12. The van der Waals surface area contributed by atoms with Crippen molar-refractivity contribution >= 4 is 5.97 Å². The van der Waals surface area contributed by atoms with Gasteiger partial charge in [0, 0.05) is 13.1 Å². The molecule has 0 bridgehead atoms. The first kappa shape index (κ1) is 16.5. The number of benzene rings is 1. The molecule has 5 nitrogen and oxygen atoms in total. The van der Waals surface area contributed by atoms with Crippen LogP contribution in [0.1, 0.15) is 24.2 Å². The SMILES string of the molecule is CC(C)OCCN(C)CCOc1ccccc1C(=O)O. The van der Waals surface area contributed by atoms with Crippen molar-refractivity contribution in [2.24, 2.45) is 0 Å². The van der Waals surface area contributed by atoms with Crippen molar-refractivity contribution in [2.45, 2.75) is 20.0 Å². The summed E-state index contributed by atoms with van der Waals surface area (Å²) in [5.74, 6) is -0.564. The van der Waals surface area contributed by atoms with Gasteiger partial charge in [-0.1, -0.05) is 12.1 Å². The number of nitrogens with zero attached hydrogens (tertiary/aromatic N) is 1. The number of hydrogen-bond acceptors (Lipinski definition) is 4. The Morgan fingerprint density at radius 3 is 2.55 bits per heavy atom. The van der Waals surface area contributed by atoms with Crippen molar-refractivity contribution in [3.8, 4) is 5.75 Å². The molecule has 20 heavy (non-hydrogen) atoms. The highest BCUT2D eigenvalue weighted by Crippen LogP contribution is 2.17. The van der Waals surface area contributed by atoms with Crippen LogP contribution in [0.2, 0.25) is 0 Å². The Kier molecular flexibility index (Phi) is 7.04. The van der Waals surface area contributed by atoms with E-state index in [1.165, 1.54) is 6.07 Å². The maximum Gasteiger partial charge on any atom is 0.339 e. The fraction of sp³-hybridized carbons (Fsp3) is 0.533. The van der Waals surface area contributed by atoms with E-state index in [2.05, 4.69) is 4.90 Å². The summed E-state index contributed by atoms with van der Waals surface area (Å²) in [6, 6.07) is 6.66. The maximum atomic E-state index is 11.0. The highest BCUT2D eigenvalue weighted by Gasteiger charge is 2.10. The summed E-state index contributed by atoms with van der Waals surface area (Å²) in [4.78, 5) is 13.1. The van der Waals surface area contributed by atoms with Gasteiger partial charge in [0.05, 0.1) is 12.7 Å². The average molecular weight is 281 g/mol. The van der Waals surface area contributed by atoms with E-state index in [4.69, 9.17) is 14.6 Å². The van der Waals surface area contributed by atoms with Crippen LogP contribution >= 0.6 is 0 Å². The van der Waals surface area contributed by atoms with Crippen molar-refractivity contribution in [1.29, 1.82) is 0 Å². The Hall–Kier alpha value is -1.59. The van der Waals surface area contributed by atoms with Crippen molar-refractivity contribution in [3.63, 3.8) is 0 Å². The fourth-order valence-electron chi connectivity index (χ4n) is 1.64. The molecule has 0 heterocycles. The Morgan fingerprint density at radius 1 is 1.25 bits per heavy atom. The van der Waals surface area contributed by atoms with Gasteiger partial charge in [0.15, 0.2) is 0 Å². The maximum absolute atomic E-state index is 11.0. The molecule has 1 N–H and O–H groups in total. The van der Waals surface area contributed by atoms with Crippen LogP contribution in [0.3, 0.4) is 0 Å². The summed E-state index contributed by atoms with van der Waals surface area (Å²) in [5.41, 5.74) is 0.193. The zero-order valence-electron chi connectivity index (χ0n) is 12.3. The third kappa shape index (κ3) is 6.04. The van der Waals surface area contributed by atoms with Gasteiger partial charge in [0.1, 0.15) is 17.9 Å². The molecule has 0 aliphatic carbocycles. The molecule has 0 aliphatic rings. The fourth-order valence-corrected chi connectivity index (χ4v) is 1.64. The van der Waals surface area contributed by atoms with Crippen molar-refractivity contribution in [3.05, 3.63) is 29.8 Å². The monoisotopic (exact) mass is 281 g/mol. The second kappa shape index (κ2) is 8.55. The van der Waals surface area contributed by atoms with E-state index in [1.807, 2.05) is 20.9 Å². The lowest BCUT2D eigenvalue weighted by molar-refractivity contribution is 0.0615. The summed E-state index contributed by atoms with van der Waals surface area (Å²) < 4.78 is 11.0. The average Bonchev–Trinajstić information content (AvgIpc) is 2.38. The number of carboxylic acid groups (broad SMARTS) is 1. The van der Waals surface area contributed by atoms with E-state index < -0.39 is 5.97 Å². The number of carboxylic acids is 1. The highest BCUT2D eigenvalue weighted by molar-refractivity contribution is 5.90. The van der Waals surface area contributed by atoms with E-state index in [-0.39, 0.29) is 11.7 Å². The predicted molar refractivity (Wildman–Crippen MR) is 77.5 cm³/mol. The van der Waals surface area contributed by atoms with Crippen LogP contribution in [-0.2, 0) is 4.74 Å². The standard InChI is InChI=1S/C15H23NO4/c1-12(2)19-10-8-16(3)9-11-20-14-7-5-4-6-13(14)15(17)18/h4-7,12H,8-11H2,1-3H3,(H,17,18). The molecule has 1 aromatic rings. The molecule has 0 spiro atoms. The molecular formula is C15H23NO4. The Balaban J connectivity index is 2.32. The van der Waals surface area contributed by atoms with Gasteiger partial charge in [-0.2, -0.15) is 0 Å². The van der Waals surface area contributed by atoms with Crippen LogP contribution in [-0.4, -0.2) is 55.4 Å². The molecule has 0 saturated carbocycles. The van der Waals surface area contributed by atoms with E-state index in [1.54, 1.807) is 18.2 Å². The van der Waals surface area contributed by atoms with Crippen molar-refractivity contribution < 1.29 is 19.4 Å². The smallest absolute Gasteiger partial charge is 0.339 e. The molecule has 1 rings (SSSR count). The van der Waals surface area contributed by atoms with Gasteiger partial charge < -0.3 is 19.5 Å². The molecule has 0 fully saturated rings. The molecule has 0 aliphatic heterocycles. The number of aromatic carboxylic acids is 1. The lowest BCUT2D eigenvalue weighted by Gasteiger charge is -2.18. The minimum Gasteiger partial charge on any atom is -0.491 e. The summed E-state index contributed by atoms with van der Waals surface area (Å²) in [6.07, 6.45) is 0.238. The second-order valence-corrected chi connectivity index (χ2v) is 4.87. The Morgan fingerprint density at radius 2 is 1.90 bits per heavy atom. The normalized spacial score (nSPS) is 11.1. The Labute approximate surface area is 120 Å². The van der Waals surface area contributed by atoms with Gasteiger partial charge in [-0.3, -0.25) is 0 Å². The third-order valence-corrected chi connectivity index (χ3v) is 2.77. The van der Waals surface area contributed by atoms with Gasteiger partial charge in [-0.05, 0) is 33.0 Å². The summed E-state index contributed by atoms with van der Waals surface area (Å²) in [7, 11) is 1.98. The number of rotatable bonds is 9. The van der Waals surface area contributed by atoms with Gasteiger partial charge in [0.2, 0.25) is 0 Å². The molecular weight excluding hydrogens is 258 g/mol. The highest BCUT2D eigenvalue weighted by atomic mass is 16.5. The van der Waals surface area contributed by atoms with Crippen LogP contribution in [0.25, 0.3) is 0 Å². The van der Waals surface area contributed by atoms with Crippen LogP contribution in [0, 0.1) is 0 Å². The Bertz CT molecular complexity index is 420. The molecule has 0 unspecified atom stereocenters. The number of likely N-dealkylation sites (N-methyl/N-ethyl adjacent to an activating group) is 1. The van der Waals surface area contributed by atoms with E-state index in [0.29, 0.717) is 19.0 Å². The van der Waals surface area contributed by atoms with Crippen LogP contribution < -0.4 is 4.74 Å². The molecule has 0 amide bonds. The van der Waals surface area contributed by atoms with Gasteiger partial charge >= 0.3 is 5.97 Å². The quantitative estimate of drug-likeness (QED) is 0.751. The number of carbonyl (C=O) groups is 1. The van der Waals surface area contributed by atoms with E-state index in [9.17, 15) is 4.79 Å². The van der Waals surface area contributed by atoms with Gasteiger partial charge in [-0.15, -0.1) is 0 Å². The molecule has 0 atom stereocenters. The lowest BCUT2D eigenvalue weighted by atomic mass is 10.2. The summed E-state index contributed by atoms with van der Waals surface area (Å²) >= 11 is 0. The molecule has 112 valence electrons. The second-order valence-electron chi connectivity index (χ2n) is 4.87. The molecule has 0 saturated heterocycles. The van der Waals surface area contributed by atoms with Crippen LogP contribution in [0.5, 0.6) is 5.75 Å². The van der Waals surface area contributed by atoms with Gasteiger partial charge in [-0.25, -0.2) is 4.79 Å². The molecule has 1 aromatic carbocycles. The van der Waals surface area contributed by atoms with E-state index in [0.717, 1.165) is 13.1 Å². The number of para-hydroxylation sites is 1. The molecule has 0 aromatic heterocycles. The van der Waals surface area contributed by atoms with Crippen molar-refractivity contribution in [2.75, 3.05) is 33.4 Å². The van der Waals surface area contributed by atoms with Crippen LogP contribution in [0.15, 0.2) is 24.3 Å². The van der Waals surface area contributed by atoms with Crippen molar-refractivity contribution in [1.82, 2.24) is 4.90 Å². The topological polar surface area (TPSA) is 59.0 Å². The lowest BCUT2D eigenvalue weighted by Crippen LogP contribution is -2.28. The summed E-state index contributed by atoms with van der Waals surface area (Å²) in [5, 5.41) is 9.04. The first-order valence-electron chi connectivity index (χ1n) is 6.76. The first-order chi connectivity index (χ1) is 9.50. The molecule has 5 heteroatoms. The minimum atomic E-state index is -0.973. The van der Waals surface area contributed by atoms with Crippen LogP contribution in [0.4, 0.5) is 0 Å². The summed E-state index contributed by atoms with van der Waals surface area (Å²) in [6.45, 7) is 6.68. The minimum absolute atomic E-state index is 0.193. The third-order valence-electron chi connectivity index (χ3n) is 2.77. The van der Waals surface area contributed by atoms with Gasteiger partial charge in [0.25, 0.3) is 0 Å². The largest absolute Gasteiger partial charge is 0.491 e. The zero-order valence-corrected chi connectivity index (χ0v) is 12.3. The zero-order chi connectivity index (χ0) is 15.0.